The van der Waals surface area contributed by atoms with E-state index >= 15 is 0 Å². The van der Waals surface area contributed by atoms with Gasteiger partial charge in [-0.3, -0.25) is 19.2 Å². The summed E-state index contributed by atoms with van der Waals surface area (Å²) in [4.78, 5) is 50.5. The van der Waals surface area contributed by atoms with Crippen LogP contribution in [0.4, 0.5) is 5.69 Å². The van der Waals surface area contributed by atoms with Crippen molar-refractivity contribution in [1.82, 2.24) is 5.32 Å². The lowest BCUT2D eigenvalue weighted by Crippen LogP contribution is -2.30. The highest BCUT2D eigenvalue weighted by molar-refractivity contribution is 8.00. The average Bonchev–Trinajstić information content (AvgIpc) is 2.96. The number of amides is 2. The fourth-order valence-electron chi connectivity index (χ4n) is 3.54. The van der Waals surface area contributed by atoms with Crippen LogP contribution >= 0.6 is 11.8 Å². The summed E-state index contributed by atoms with van der Waals surface area (Å²) in [7, 11) is 3.00. The van der Waals surface area contributed by atoms with E-state index in [1.165, 1.54) is 32.1 Å². The van der Waals surface area contributed by atoms with E-state index in [1.54, 1.807) is 79.7 Å². The number of thioether (sulfide) groups is 1. The van der Waals surface area contributed by atoms with Crippen LogP contribution in [0.15, 0.2) is 83.4 Å². The SMILES string of the molecule is CCOC(=O)CC(=O)CSc1ccc(NC(=O)/C(=C/c2cccc(OC)c2OC)NC(=O)c2ccccc2)cc1. The highest BCUT2D eigenvalue weighted by Crippen LogP contribution is 2.32. The van der Waals surface area contributed by atoms with E-state index in [0.29, 0.717) is 28.3 Å². The quantitative estimate of drug-likeness (QED) is 0.133. The summed E-state index contributed by atoms with van der Waals surface area (Å²) in [5, 5.41) is 5.48. The monoisotopic (exact) mass is 562 g/mol. The van der Waals surface area contributed by atoms with E-state index in [9.17, 15) is 19.2 Å². The Balaban J connectivity index is 1.77. The molecule has 0 unspecified atom stereocenters. The minimum Gasteiger partial charge on any atom is -0.493 e. The summed E-state index contributed by atoms with van der Waals surface area (Å²) in [6, 6.07) is 20.6. The standard InChI is InChI=1S/C30H30N2O7S/c1-4-39-27(34)18-23(33)19-40-24-15-13-22(14-16-24)31-30(36)25(32-29(35)20-9-6-5-7-10-20)17-21-11-8-12-26(37-2)28(21)38-3/h5-17H,4,18-19H2,1-3H3,(H,31,36)(H,32,35)/b25-17-. The van der Waals surface area contributed by atoms with Crippen LogP contribution in [0.1, 0.15) is 29.3 Å². The Labute approximate surface area is 236 Å². The Morgan fingerprint density at radius 3 is 2.25 bits per heavy atom. The summed E-state index contributed by atoms with van der Waals surface area (Å²) < 4.78 is 15.6. The first-order valence-electron chi connectivity index (χ1n) is 12.3. The van der Waals surface area contributed by atoms with Gasteiger partial charge in [0.2, 0.25) is 0 Å². The minimum absolute atomic E-state index is 0.0107. The molecule has 0 aliphatic rings. The van der Waals surface area contributed by atoms with Gasteiger partial charge >= 0.3 is 5.97 Å². The van der Waals surface area contributed by atoms with Crippen molar-refractivity contribution in [2.24, 2.45) is 0 Å². The van der Waals surface area contributed by atoms with E-state index < -0.39 is 17.8 Å². The van der Waals surface area contributed by atoms with Gasteiger partial charge in [-0.15, -0.1) is 11.8 Å². The Hall–Kier alpha value is -4.57. The molecule has 0 bridgehead atoms. The van der Waals surface area contributed by atoms with Gasteiger partial charge in [0.15, 0.2) is 17.3 Å². The summed E-state index contributed by atoms with van der Waals surface area (Å²) in [6.45, 7) is 1.91. The second kappa shape index (κ2) is 15.1. The molecule has 0 fully saturated rings. The lowest BCUT2D eigenvalue weighted by molar-refractivity contribution is -0.145. The predicted octanol–water partition coefficient (Wildman–Crippen LogP) is 4.73. The molecule has 10 heteroatoms. The summed E-state index contributed by atoms with van der Waals surface area (Å²) >= 11 is 1.27. The molecule has 2 amide bonds. The second-order valence-corrected chi connectivity index (χ2v) is 9.30. The number of hydrogen-bond donors (Lipinski definition) is 2. The number of rotatable bonds is 13. The molecule has 0 spiro atoms. The number of para-hydroxylation sites is 1. The van der Waals surface area contributed by atoms with Crippen LogP contribution in [0, 0.1) is 0 Å². The Bertz CT molecular complexity index is 1370. The van der Waals surface area contributed by atoms with Gasteiger partial charge in [-0.25, -0.2) is 0 Å². The zero-order valence-electron chi connectivity index (χ0n) is 22.4. The molecule has 9 nitrogen and oxygen atoms in total. The first-order chi connectivity index (χ1) is 19.3. The van der Waals surface area contributed by atoms with Gasteiger partial charge in [0, 0.05) is 21.7 Å². The molecule has 3 aromatic rings. The molecule has 0 aliphatic heterocycles. The van der Waals surface area contributed by atoms with Gasteiger partial charge in [-0.2, -0.15) is 0 Å². The average molecular weight is 563 g/mol. The maximum Gasteiger partial charge on any atom is 0.313 e. The van der Waals surface area contributed by atoms with Crippen molar-refractivity contribution in [2.75, 3.05) is 31.9 Å². The molecule has 0 aliphatic carbocycles. The number of ketones is 1. The summed E-state index contributed by atoms with van der Waals surface area (Å²) in [6.07, 6.45) is 1.24. The molecular formula is C30H30N2O7S. The van der Waals surface area contributed by atoms with Crippen LogP contribution in [0.5, 0.6) is 11.5 Å². The third-order valence-corrected chi connectivity index (χ3v) is 6.49. The smallest absolute Gasteiger partial charge is 0.313 e. The highest BCUT2D eigenvalue weighted by atomic mass is 32.2. The maximum atomic E-state index is 13.3. The molecule has 3 aromatic carbocycles. The number of esters is 1. The van der Waals surface area contributed by atoms with Crippen LogP contribution in [0.3, 0.4) is 0 Å². The van der Waals surface area contributed by atoms with Gasteiger partial charge in [0.25, 0.3) is 11.8 Å². The molecule has 0 saturated carbocycles. The minimum atomic E-state index is -0.556. The number of carbonyl (C=O) groups is 4. The van der Waals surface area contributed by atoms with Crippen molar-refractivity contribution < 1.29 is 33.4 Å². The molecule has 40 heavy (non-hydrogen) atoms. The third-order valence-electron chi connectivity index (χ3n) is 5.42. The molecule has 208 valence electrons. The lowest BCUT2D eigenvalue weighted by atomic mass is 10.1. The van der Waals surface area contributed by atoms with Crippen LogP contribution < -0.4 is 20.1 Å². The normalized spacial score (nSPS) is 10.8. The predicted molar refractivity (Wildman–Crippen MR) is 153 cm³/mol. The van der Waals surface area contributed by atoms with Crippen LogP contribution in [-0.4, -0.2) is 50.1 Å². The number of benzene rings is 3. The molecule has 0 radical (unpaired) electrons. The van der Waals surface area contributed by atoms with Gasteiger partial charge in [0.1, 0.15) is 12.1 Å². The number of Topliss-reactive ketones (excluding diaryl/α,β-unsaturated/α-hetero) is 1. The van der Waals surface area contributed by atoms with E-state index in [4.69, 9.17) is 14.2 Å². The topological polar surface area (TPSA) is 120 Å². The van der Waals surface area contributed by atoms with Gasteiger partial charge in [0.05, 0.1) is 26.6 Å². The van der Waals surface area contributed by atoms with Crippen LogP contribution in [0.2, 0.25) is 0 Å². The first-order valence-corrected chi connectivity index (χ1v) is 13.3. The lowest BCUT2D eigenvalue weighted by Gasteiger charge is -2.14. The Morgan fingerprint density at radius 1 is 0.875 bits per heavy atom. The van der Waals surface area contributed by atoms with Gasteiger partial charge in [-0.05, 0) is 55.5 Å². The highest BCUT2D eigenvalue weighted by Gasteiger charge is 2.17. The van der Waals surface area contributed by atoms with E-state index in [0.717, 1.165) is 4.90 Å². The largest absolute Gasteiger partial charge is 0.493 e. The third kappa shape index (κ3) is 8.74. The molecule has 0 heterocycles. The van der Waals surface area contributed by atoms with Crippen LogP contribution in [0.25, 0.3) is 6.08 Å². The number of anilines is 1. The van der Waals surface area contributed by atoms with Crippen molar-refractivity contribution in [2.45, 2.75) is 18.2 Å². The van der Waals surface area contributed by atoms with Crippen molar-refractivity contribution in [3.05, 3.63) is 89.6 Å². The molecule has 0 atom stereocenters. The number of nitrogens with one attached hydrogen (secondary N) is 2. The fourth-order valence-corrected chi connectivity index (χ4v) is 4.30. The van der Waals surface area contributed by atoms with Crippen molar-refractivity contribution >= 4 is 47.1 Å². The zero-order chi connectivity index (χ0) is 28.9. The van der Waals surface area contributed by atoms with Crippen LogP contribution in [-0.2, 0) is 19.1 Å². The van der Waals surface area contributed by atoms with Crippen molar-refractivity contribution in [3.63, 3.8) is 0 Å². The van der Waals surface area contributed by atoms with E-state index in [1.807, 2.05) is 0 Å². The fraction of sp³-hybridized carbons (Fsp3) is 0.200. The van der Waals surface area contributed by atoms with Gasteiger partial charge < -0.3 is 24.8 Å². The zero-order valence-corrected chi connectivity index (χ0v) is 23.2. The molecular weight excluding hydrogens is 532 g/mol. The van der Waals surface area contributed by atoms with E-state index in [2.05, 4.69) is 10.6 Å². The number of hydrogen-bond acceptors (Lipinski definition) is 8. The second-order valence-electron chi connectivity index (χ2n) is 8.25. The summed E-state index contributed by atoms with van der Waals surface area (Å²) in [5.41, 5.74) is 1.38. The van der Waals surface area contributed by atoms with Gasteiger partial charge in [-0.1, -0.05) is 30.3 Å². The first kappa shape index (κ1) is 30.0. The van der Waals surface area contributed by atoms with Crippen molar-refractivity contribution in [3.8, 4) is 11.5 Å². The molecule has 3 rings (SSSR count). The number of carbonyl (C=O) groups excluding carboxylic acids is 4. The number of methoxy groups -OCH3 is 2. The Kier molecular flexibility index (Phi) is 11.3. The summed E-state index contributed by atoms with van der Waals surface area (Å²) in [5.74, 6) is -0.797. The Morgan fingerprint density at radius 2 is 1.60 bits per heavy atom. The van der Waals surface area contributed by atoms with Crippen molar-refractivity contribution in [1.29, 1.82) is 0 Å². The molecule has 2 N–H and O–H groups in total. The maximum absolute atomic E-state index is 13.3. The molecule has 0 aromatic heterocycles. The van der Waals surface area contributed by atoms with E-state index in [-0.39, 0.29) is 30.3 Å². The number of ether oxygens (including phenoxy) is 3. The molecule has 0 saturated heterocycles.